The van der Waals surface area contributed by atoms with Crippen LogP contribution < -0.4 is 10.7 Å². The van der Waals surface area contributed by atoms with Crippen LogP contribution in [0.2, 0.25) is 0 Å². The molecule has 0 bridgehead atoms. The Balaban J connectivity index is 1.64. The first kappa shape index (κ1) is 17.9. The number of benzene rings is 2. The lowest BCUT2D eigenvalue weighted by molar-refractivity contribution is 0.0955. The second-order valence-electron chi connectivity index (χ2n) is 5.23. The number of rotatable bonds is 5. The van der Waals surface area contributed by atoms with Gasteiger partial charge in [0.25, 0.3) is 5.91 Å². The minimum absolute atomic E-state index is 0.0493. The van der Waals surface area contributed by atoms with E-state index in [1.54, 1.807) is 12.1 Å². The van der Waals surface area contributed by atoms with Gasteiger partial charge in [-0.25, -0.2) is 5.43 Å². The van der Waals surface area contributed by atoms with E-state index in [2.05, 4.69) is 26.5 Å². The maximum Gasteiger partial charge on any atom is 0.271 e. The molecule has 0 aliphatic rings. The largest absolute Gasteiger partial charge is 0.733 e. The summed E-state index contributed by atoms with van der Waals surface area (Å²) in [6, 6.07) is 16.8. The van der Waals surface area contributed by atoms with E-state index in [0.717, 1.165) is 10.0 Å². The van der Waals surface area contributed by atoms with Crippen molar-refractivity contribution in [2.45, 2.75) is 0 Å². The maximum atomic E-state index is 12.0. The van der Waals surface area contributed by atoms with Gasteiger partial charge in [0, 0.05) is 15.6 Å². The standard InChI is InChI=1S/C18H13BrN3O4/c19-14-6-4-12(5-7-14)17-9-8-16(26-17)11-20-21-18(23)13-2-1-3-15(10-13)22(24)25/h1-11,24H,(H,21,23)/q-1. The van der Waals surface area contributed by atoms with Gasteiger partial charge in [0.15, 0.2) is 0 Å². The third-order valence-corrected chi connectivity index (χ3v) is 3.97. The fourth-order valence-corrected chi connectivity index (χ4v) is 2.44. The van der Waals surface area contributed by atoms with Crippen LogP contribution in [0.5, 0.6) is 0 Å². The third-order valence-electron chi connectivity index (χ3n) is 3.44. The Kier molecular flexibility index (Phi) is 5.47. The molecular weight excluding hydrogens is 402 g/mol. The fraction of sp³-hybridized carbons (Fsp3) is 0. The van der Waals surface area contributed by atoms with E-state index >= 15 is 0 Å². The number of hydrogen-bond acceptors (Lipinski definition) is 6. The summed E-state index contributed by atoms with van der Waals surface area (Å²) in [5.41, 5.74) is 3.38. The summed E-state index contributed by atoms with van der Waals surface area (Å²) >= 11 is 3.38. The normalized spacial score (nSPS) is 10.9. The van der Waals surface area contributed by atoms with Crippen LogP contribution in [0.15, 0.2) is 74.7 Å². The Morgan fingerprint density at radius 2 is 1.96 bits per heavy atom. The van der Waals surface area contributed by atoms with E-state index in [0.29, 0.717) is 11.5 Å². The van der Waals surface area contributed by atoms with Crippen molar-refractivity contribution in [2.75, 3.05) is 5.23 Å². The SMILES string of the molecule is O=C(NN=Cc1ccc(-c2ccc(Br)cc2)o1)c1cccc(N([O-])O)c1. The van der Waals surface area contributed by atoms with Crippen LogP contribution in [0, 0.1) is 5.21 Å². The first-order valence-electron chi connectivity index (χ1n) is 7.48. The summed E-state index contributed by atoms with van der Waals surface area (Å²) in [5.74, 6) is 0.624. The third kappa shape index (κ3) is 4.37. The van der Waals surface area contributed by atoms with Crippen LogP contribution in [-0.4, -0.2) is 17.3 Å². The molecule has 0 aliphatic carbocycles. The number of furan rings is 1. The Labute approximate surface area is 157 Å². The number of carbonyl (C=O) groups excluding carboxylic acids is 1. The molecule has 0 unspecified atom stereocenters. The Morgan fingerprint density at radius 3 is 2.69 bits per heavy atom. The number of hydrazone groups is 1. The molecule has 0 radical (unpaired) electrons. The average Bonchev–Trinajstić information content (AvgIpc) is 3.11. The molecule has 1 heterocycles. The molecule has 0 saturated heterocycles. The number of nitrogens with one attached hydrogen (secondary N) is 1. The predicted octanol–water partition coefficient (Wildman–Crippen LogP) is 4.17. The van der Waals surface area contributed by atoms with Gasteiger partial charge in [-0.1, -0.05) is 34.1 Å². The quantitative estimate of drug-likeness (QED) is 0.481. The van der Waals surface area contributed by atoms with Crippen LogP contribution in [0.1, 0.15) is 16.1 Å². The van der Waals surface area contributed by atoms with Gasteiger partial charge < -0.3 is 14.9 Å². The van der Waals surface area contributed by atoms with Crippen molar-refractivity contribution >= 4 is 33.7 Å². The zero-order valence-corrected chi connectivity index (χ0v) is 14.9. The summed E-state index contributed by atoms with van der Waals surface area (Å²) < 4.78 is 6.63. The van der Waals surface area contributed by atoms with Gasteiger partial charge in [-0.05, 0) is 42.5 Å². The van der Waals surface area contributed by atoms with E-state index < -0.39 is 5.91 Å². The van der Waals surface area contributed by atoms with Gasteiger partial charge in [0.2, 0.25) is 0 Å². The number of hydrogen-bond donors (Lipinski definition) is 2. The lowest BCUT2D eigenvalue weighted by Gasteiger charge is -2.21. The van der Waals surface area contributed by atoms with Crippen molar-refractivity contribution in [1.29, 1.82) is 0 Å². The van der Waals surface area contributed by atoms with Gasteiger partial charge in [0.05, 0.1) is 11.9 Å². The molecule has 2 N–H and O–H groups in total. The van der Waals surface area contributed by atoms with Crippen molar-refractivity contribution in [3.8, 4) is 11.3 Å². The zero-order valence-electron chi connectivity index (χ0n) is 13.3. The van der Waals surface area contributed by atoms with Gasteiger partial charge in [-0.3, -0.25) is 10.0 Å². The average molecular weight is 415 g/mol. The Morgan fingerprint density at radius 1 is 1.19 bits per heavy atom. The first-order chi connectivity index (χ1) is 12.5. The first-order valence-corrected chi connectivity index (χ1v) is 8.27. The monoisotopic (exact) mass is 414 g/mol. The van der Waals surface area contributed by atoms with Gasteiger partial charge in [0.1, 0.15) is 11.5 Å². The lowest BCUT2D eigenvalue weighted by atomic mass is 10.2. The molecule has 0 fully saturated rings. The smallest absolute Gasteiger partial charge is 0.271 e. The highest BCUT2D eigenvalue weighted by Gasteiger charge is 2.06. The number of amides is 1. The molecule has 132 valence electrons. The molecule has 1 aromatic heterocycles. The molecule has 2 aromatic carbocycles. The van der Waals surface area contributed by atoms with Crippen molar-refractivity contribution < 1.29 is 14.4 Å². The second kappa shape index (κ2) is 7.96. The summed E-state index contributed by atoms with van der Waals surface area (Å²) in [7, 11) is 0. The second-order valence-corrected chi connectivity index (χ2v) is 6.15. The van der Waals surface area contributed by atoms with Crippen LogP contribution >= 0.6 is 15.9 Å². The minimum Gasteiger partial charge on any atom is -0.733 e. The van der Waals surface area contributed by atoms with Crippen molar-refractivity contribution in [1.82, 2.24) is 5.43 Å². The molecule has 26 heavy (non-hydrogen) atoms. The van der Waals surface area contributed by atoms with Crippen LogP contribution in [-0.2, 0) is 0 Å². The molecule has 0 spiro atoms. The van der Waals surface area contributed by atoms with Crippen LogP contribution in [0.25, 0.3) is 11.3 Å². The van der Waals surface area contributed by atoms with Crippen molar-refractivity contribution in [3.05, 3.63) is 81.7 Å². The fourth-order valence-electron chi connectivity index (χ4n) is 2.18. The van der Waals surface area contributed by atoms with Crippen LogP contribution in [0.3, 0.4) is 0 Å². The predicted molar refractivity (Wildman–Crippen MR) is 101 cm³/mol. The highest BCUT2D eigenvalue weighted by Crippen LogP contribution is 2.23. The van der Waals surface area contributed by atoms with Gasteiger partial charge in [-0.2, -0.15) is 5.10 Å². The molecule has 7 nitrogen and oxygen atoms in total. The lowest BCUT2D eigenvalue weighted by Crippen LogP contribution is -2.18. The van der Waals surface area contributed by atoms with Crippen molar-refractivity contribution in [2.24, 2.45) is 5.10 Å². The highest BCUT2D eigenvalue weighted by atomic mass is 79.9. The Hall–Kier alpha value is -2.94. The van der Waals surface area contributed by atoms with E-state index in [-0.39, 0.29) is 16.5 Å². The summed E-state index contributed by atoms with van der Waals surface area (Å²) in [5, 5.41) is 23.2. The summed E-state index contributed by atoms with van der Waals surface area (Å²) in [6.45, 7) is 0. The van der Waals surface area contributed by atoms with E-state index in [1.165, 1.54) is 30.5 Å². The molecular formula is C18H13BrN3O4-. The molecule has 1 amide bonds. The zero-order chi connectivity index (χ0) is 18.5. The van der Waals surface area contributed by atoms with Gasteiger partial charge >= 0.3 is 0 Å². The topological polar surface area (TPSA) is 101 Å². The molecule has 0 saturated carbocycles. The minimum atomic E-state index is -0.523. The van der Waals surface area contributed by atoms with Crippen LogP contribution in [0.4, 0.5) is 5.69 Å². The van der Waals surface area contributed by atoms with E-state index in [1.807, 2.05) is 24.3 Å². The maximum absolute atomic E-state index is 12.0. The summed E-state index contributed by atoms with van der Waals surface area (Å²) in [6.07, 6.45) is 1.37. The van der Waals surface area contributed by atoms with E-state index in [9.17, 15) is 10.0 Å². The van der Waals surface area contributed by atoms with E-state index in [4.69, 9.17) is 9.62 Å². The molecule has 0 aliphatic heterocycles. The van der Waals surface area contributed by atoms with Gasteiger partial charge in [-0.15, -0.1) is 0 Å². The molecule has 0 atom stereocenters. The highest BCUT2D eigenvalue weighted by molar-refractivity contribution is 9.10. The van der Waals surface area contributed by atoms with Crippen molar-refractivity contribution in [3.63, 3.8) is 0 Å². The Bertz CT molecular complexity index is 936. The molecule has 3 rings (SSSR count). The molecule has 3 aromatic rings. The number of anilines is 1. The number of nitrogens with zero attached hydrogens (tertiary/aromatic N) is 2. The molecule has 8 heteroatoms. The number of halogens is 1. The summed E-state index contributed by atoms with van der Waals surface area (Å²) in [4.78, 5) is 12.0. The number of carbonyl (C=O) groups is 1.